The third kappa shape index (κ3) is 3.44. The van der Waals surface area contributed by atoms with Gasteiger partial charge in [-0.15, -0.1) is 0 Å². The molecule has 9 heteroatoms. The summed E-state index contributed by atoms with van der Waals surface area (Å²) in [5.74, 6) is 0.155. The Bertz CT molecular complexity index is 1280. The number of imidazole rings is 1. The summed E-state index contributed by atoms with van der Waals surface area (Å²) < 4.78 is 28.9. The van der Waals surface area contributed by atoms with Gasteiger partial charge in [-0.3, -0.25) is 4.79 Å². The number of rotatable bonds is 3. The van der Waals surface area contributed by atoms with Crippen molar-refractivity contribution >= 4 is 44.3 Å². The summed E-state index contributed by atoms with van der Waals surface area (Å²) >= 11 is 0. The molecule has 5 rings (SSSR count). The lowest BCUT2D eigenvalue weighted by Crippen LogP contribution is -2.41. The molecule has 0 bridgehead atoms. The largest absolute Gasteiger partial charge is 0.338 e. The van der Waals surface area contributed by atoms with E-state index in [0.29, 0.717) is 30.2 Å². The number of hydrogen-bond donors (Lipinski definition) is 3. The zero-order valence-corrected chi connectivity index (χ0v) is 17.9. The second-order valence-corrected chi connectivity index (χ2v) is 9.71. The van der Waals surface area contributed by atoms with Crippen molar-refractivity contribution in [3.05, 3.63) is 53.9 Å². The number of para-hydroxylation sites is 2. The Morgan fingerprint density at radius 1 is 1.16 bits per heavy atom. The molecule has 3 N–H and O–H groups in total. The van der Waals surface area contributed by atoms with E-state index in [0.717, 1.165) is 24.0 Å². The first-order chi connectivity index (χ1) is 14.9. The Labute approximate surface area is 180 Å². The molecule has 2 aliphatic heterocycles. The van der Waals surface area contributed by atoms with E-state index in [1.54, 1.807) is 24.3 Å². The third-order valence-corrected chi connectivity index (χ3v) is 7.78. The zero-order chi connectivity index (χ0) is 21.6. The highest BCUT2D eigenvalue weighted by Crippen LogP contribution is 2.39. The molecule has 1 saturated heterocycles. The van der Waals surface area contributed by atoms with Crippen molar-refractivity contribution < 1.29 is 13.2 Å². The van der Waals surface area contributed by atoms with Gasteiger partial charge in [-0.2, -0.15) is 4.31 Å². The number of H-pyrrole nitrogens is 1. The molecule has 2 aliphatic rings. The lowest BCUT2D eigenvalue weighted by atomic mass is 10.1. The number of aromatic amines is 1. The summed E-state index contributed by atoms with van der Waals surface area (Å²) in [4.78, 5) is 20.6. The number of carbonyl (C=O) groups excluding carboxylic acids is 1. The molecular formula is C22H23N5O3S. The van der Waals surface area contributed by atoms with Crippen LogP contribution in [-0.4, -0.2) is 54.3 Å². The minimum atomic E-state index is -3.80. The Balaban J connectivity index is 1.63. The first kappa shape index (κ1) is 19.9. The molecule has 0 spiro atoms. The van der Waals surface area contributed by atoms with Crippen LogP contribution in [0.5, 0.6) is 0 Å². The molecule has 3 heterocycles. The van der Waals surface area contributed by atoms with Gasteiger partial charge in [-0.1, -0.05) is 18.2 Å². The lowest BCUT2D eigenvalue weighted by Gasteiger charge is -2.26. The maximum Gasteiger partial charge on any atom is 0.256 e. The van der Waals surface area contributed by atoms with Gasteiger partial charge in [0.15, 0.2) is 0 Å². The minimum absolute atomic E-state index is 0.138. The van der Waals surface area contributed by atoms with Crippen LogP contribution in [0, 0.1) is 0 Å². The third-order valence-electron chi connectivity index (χ3n) is 5.73. The molecule has 1 aromatic heterocycles. The predicted octanol–water partition coefficient (Wildman–Crippen LogP) is 2.43. The van der Waals surface area contributed by atoms with E-state index in [4.69, 9.17) is 0 Å². The summed E-state index contributed by atoms with van der Waals surface area (Å²) in [6, 6.07) is 12.3. The van der Waals surface area contributed by atoms with Crippen LogP contribution in [0.15, 0.2) is 47.4 Å². The normalized spacial score (nSPS) is 21.3. The lowest BCUT2D eigenvalue weighted by molar-refractivity contribution is -0.110. The second-order valence-electron chi connectivity index (χ2n) is 7.85. The maximum atomic E-state index is 13.7. The zero-order valence-electron chi connectivity index (χ0n) is 17.1. The molecule has 0 aliphatic carbocycles. The molecule has 3 aromatic rings. The number of benzene rings is 2. The Hall–Kier alpha value is -3.01. The molecule has 0 saturated carbocycles. The van der Waals surface area contributed by atoms with Crippen LogP contribution in [-0.2, 0) is 14.8 Å². The van der Waals surface area contributed by atoms with Crippen LogP contribution < -0.4 is 10.6 Å². The molecule has 1 fully saturated rings. The van der Waals surface area contributed by atoms with E-state index in [-0.39, 0.29) is 22.4 Å². The van der Waals surface area contributed by atoms with Crippen LogP contribution in [0.2, 0.25) is 0 Å². The van der Waals surface area contributed by atoms with Gasteiger partial charge in [-0.05, 0) is 50.2 Å². The van der Waals surface area contributed by atoms with Gasteiger partial charge in [0, 0.05) is 24.7 Å². The van der Waals surface area contributed by atoms with E-state index in [1.807, 2.05) is 31.2 Å². The topological polar surface area (TPSA) is 107 Å². The van der Waals surface area contributed by atoms with E-state index >= 15 is 0 Å². The van der Waals surface area contributed by atoms with E-state index < -0.39 is 10.0 Å². The molecule has 31 heavy (non-hydrogen) atoms. The summed E-state index contributed by atoms with van der Waals surface area (Å²) in [5, 5.41) is 6.06. The van der Waals surface area contributed by atoms with Crippen molar-refractivity contribution in [2.24, 2.45) is 0 Å². The average Bonchev–Trinajstić information content (AvgIpc) is 3.21. The van der Waals surface area contributed by atoms with E-state index in [1.165, 1.54) is 4.31 Å². The number of sulfonamides is 1. The van der Waals surface area contributed by atoms with Crippen molar-refractivity contribution in [3.8, 4) is 0 Å². The van der Waals surface area contributed by atoms with Crippen molar-refractivity contribution in [3.63, 3.8) is 0 Å². The van der Waals surface area contributed by atoms with Crippen LogP contribution in [0.1, 0.15) is 24.7 Å². The van der Waals surface area contributed by atoms with Crippen molar-refractivity contribution in [1.82, 2.24) is 19.6 Å². The van der Waals surface area contributed by atoms with E-state index in [9.17, 15) is 13.2 Å². The monoisotopic (exact) mass is 437 g/mol. The Morgan fingerprint density at radius 2 is 2.00 bits per heavy atom. The number of hydrogen-bond acceptors (Lipinski definition) is 5. The van der Waals surface area contributed by atoms with Crippen molar-refractivity contribution in [2.45, 2.75) is 24.3 Å². The fourth-order valence-corrected chi connectivity index (χ4v) is 6.12. The number of nitrogens with one attached hydrogen (secondary N) is 3. The number of nitrogens with zero attached hydrogens (tertiary/aromatic N) is 2. The van der Waals surface area contributed by atoms with Crippen LogP contribution in [0.25, 0.3) is 22.7 Å². The number of amides is 1. The molecule has 8 nitrogen and oxygen atoms in total. The summed E-state index contributed by atoms with van der Waals surface area (Å²) in [6.07, 6.45) is 2.35. The summed E-state index contributed by atoms with van der Waals surface area (Å²) in [7, 11) is -3.80. The maximum absolute atomic E-state index is 13.7. The number of carbonyl (C=O) groups is 1. The molecule has 1 unspecified atom stereocenters. The standard InChI is InChI=1S/C22H23N5O3S/c1-14-13-23-10-5-11-27(14)31(29,30)19-9-4-8-18-21(19)15(22(28)26-18)12-20-24-16-6-2-3-7-17(16)25-20/h2-4,6-9,12,14,23H,5,10-11,13H2,1H3,(H,24,25)(H,26,28)/b15-12-. The molecule has 0 radical (unpaired) electrons. The highest BCUT2D eigenvalue weighted by atomic mass is 32.2. The number of aromatic nitrogens is 2. The fourth-order valence-electron chi connectivity index (χ4n) is 4.22. The predicted molar refractivity (Wildman–Crippen MR) is 120 cm³/mol. The van der Waals surface area contributed by atoms with Gasteiger partial charge >= 0.3 is 0 Å². The molecule has 2 aromatic carbocycles. The van der Waals surface area contributed by atoms with Crippen LogP contribution in [0.4, 0.5) is 5.69 Å². The van der Waals surface area contributed by atoms with Gasteiger partial charge < -0.3 is 15.6 Å². The van der Waals surface area contributed by atoms with Gasteiger partial charge in [0.25, 0.3) is 5.91 Å². The van der Waals surface area contributed by atoms with Crippen molar-refractivity contribution in [1.29, 1.82) is 0 Å². The summed E-state index contributed by atoms with van der Waals surface area (Å²) in [6.45, 7) is 3.70. The molecule has 1 amide bonds. The van der Waals surface area contributed by atoms with Gasteiger partial charge in [0.2, 0.25) is 10.0 Å². The Kier molecular flexibility index (Phi) is 4.88. The fraction of sp³-hybridized carbons (Fsp3) is 0.273. The SMILES string of the molecule is CC1CNCCCN1S(=O)(=O)c1cccc2c1/C(=C/c1nc3ccccc3[nH]1)C(=O)N2. The number of fused-ring (bicyclic) bond motifs is 2. The number of anilines is 1. The first-order valence-electron chi connectivity index (χ1n) is 10.3. The van der Waals surface area contributed by atoms with Crippen LogP contribution in [0.3, 0.4) is 0 Å². The van der Waals surface area contributed by atoms with E-state index in [2.05, 4.69) is 20.6 Å². The van der Waals surface area contributed by atoms with Crippen molar-refractivity contribution in [2.75, 3.05) is 25.0 Å². The average molecular weight is 438 g/mol. The first-order valence-corrected chi connectivity index (χ1v) is 11.7. The van der Waals surface area contributed by atoms with Crippen LogP contribution >= 0.6 is 0 Å². The van der Waals surface area contributed by atoms with Gasteiger partial charge in [-0.25, -0.2) is 13.4 Å². The molecule has 160 valence electrons. The Morgan fingerprint density at radius 3 is 2.84 bits per heavy atom. The van der Waals surface area contributed by atoms with Gasteiger partial charge in [0.1, 0.15) is 5.82 Å². The highest BCUT2D eigenvalue weighted by molar-refractivity contribution is 7.89. The van der Waals surface area contributed by atoms with Gasteiger partial charge in [0.05, 0.1) is 27.2 Å². The second kappa shape index (κ2) is 7.60. The highest BCUT2D eigenvalue weighted by Gasteiger charge is 2.36. The minimum Gasteiger partial charge on any atom is -0.338 e. The smallest absolute Gasteiger partial charge is 0.256 e. The quantitative estimate of drug-likeness (QED) is 0.546. The molecule has 1 atom stereocenters. The summed E-state index contributed by atoms with van der Waals surface area (Å²) in [5.41, 5.74) is 2.81. The molecular weight excluding hydrogens is 414 g/mol.